The lowest BCUT2D eigenvalue weighted by Gasteiger charge is -2.30. The van der Waals surface area contributed by atoms with E-state index < -0.39 is 37.6 Å². The quantitative estimate of drug-likeness (QED) is 0.0731. The van der Waals surface area contributed by atoms with Crippen LogP contribution in [-0.2, 0) is 46.3 Å². The third kappa shape index (κ3) is 15.0. The van der Waals surface area contributed by atoms with Crippen molar-refractivity contribution in [1.29, 1.82) is 0 Å². The zero-order chi connectivity index (χ0) is 57.5. The normalized spacial score (nSPS) is 13.0. The Hall–Kier alpha value is -6.44. The summed E-state index contributed by atoms with van der Waals surface area (Å²) in [6.07, 6.45) is 3.33. The van der Waals surface area contributed by atoms with Gasteiger partial charge in [0, 0.05) is 103 Å². The fourth-order valence-electron chi connectivity index (χ4n) is 8.66. The Bertz CT molecular complexity index is 3970. The molecule has 4 aromatic carbocycles. The highest BCUT2D eigenvalue weighted by Gasteiger charge is 2.32. The Labute approximate surface area is 496 Å². The van der Waals surface area contributed by atoms with Crippen LogP contribution in [0.5, 0.6) is 17.2 Å². The van der Waals surface area contributed by atoms with Crippen molar-refractivity contribution in [1.82, 2.24) is 38.1 Å². The average Bonchev–Trinajstić information content (AvgIpc) is 3.44. The summed E-state index contributed by atoms with van der Waals surface area (Å²) < 4.78 is 107. The van der Waals surface area contributed by atoms with E-state index in [1.54, 1.807) is 48.5 Å². The van der Waals surface area contributed by atoms with E-state index >= 15 is 4.39 Å². The van der Waals surface area contributed by atoms with E-state index in [0.29, 0.717) is 57.3 Å². The molecule has 0 aliphatic carbocycles. The van der Waals surface area contributed by atoms with Gasteiger partial charge in [-0.1, -0.05) is 53.0 Å². The van der Waals surface area contributed by atoms with Crippen molar-refractivity contribution in [3.8, 4) is 39.8 Å². The molecule has 2 atom stereocenters. The molecule has 0 amide bonds. The van der Waals surface area contributed by atoms with Gasteiger partial charge in [0.05, 0.1) is 35.1 Å². The number of anilines is 2. The van der Waals surface area contributed by atoms with Crippen LogP contribution in [0.3, 0.4) is 0 Å². The summed E-state index contributed by atoms with van der Waals surface area (Å²) in [6.45, 7) is 4.05. The van der Waals surface area contributed by atoms with Gasteiger partial charge in [0.1, 0.15) is 28.9 Å². The van der Waals surface area contributed by atoms with E-state index in [1.165, 1.54) is 92.9 Å². The summed E-state index contributed by atoms with van der Waals surface area (Å²) >= 11 is 15.2. The van der Waals surface area contributed by atoms with Gasteiger partial charge in [0.25, 0.3) is 11.1 Å². The van der Waals surface area contributed by atoms with E-state index in [9.17, 15) is 30.8 Å². The molecule has 6 heterocycles. The van der Waals surface area contributed by atoms with Gasteiger partial charge >= 0.3 is 28.1 Å². The van der Waals surface area contributed by atoms with E-state index in [1.807, 2.05) is 26.0 Å². The van der Waals surface area contributed by atoms with Crippen molar-refractivity contribution in [3.63, 3.8) is 0 Å². The highest BCUT2D eigenvalue weighted by Crippen LogP contribution is 2.38. The predicted octanol–water partition coefficient (Wildman–Crippen LogP) is 8.04. The van der Waals surface area contributed by atoms with Crippen LogP contribution in [0.2, 0.25) is 10.0 Å². The molecular formula is C52H53BBrCl2F2N10O10P2S2. The number of benzene rings is 4. The van der Waals surface area contributed by atoms with Gasteiger partial charge in [-0.2, -0.15) is 55.4 Å². The molecule has 2 aliphatic heterocycles. The van der Waals surface area contributed by atoms with Crippen molar-refractivity contribution < 1.29 is 44.8 Å². The Kier molecular flexibility index (Phi) is 22.3. The van der Waals surface area contributed by atoms with Crippen LogP contribution >= 0.6 is 58.9 Å². The zero-order valence-electron chi connectivity index (χ0n) is 44.2. The standard InChI is InChI=1S/C26H23ClFN5O4S.C19H17BrFN5O4S.C7H7BClO2.2H3P/c1-16-5-7-20(27)18(12-16)19-13-24(37-2)23(14-21(19)28)33-22-9-11-32(15-17(22)6-8-26(33)34)38(35,36)31-25-4-3-10-29-30-25;1-30-17-9-13(20)14(21)10-16(17)26-15-6-8-25(11-12(15)4-5-19(26)27)31(28,29)24-18-3-2-7-22-23-18;1-5-2-3-6(9)7(4-5)11-8-10;;/h3-8,10,12-14H,9,11,15H2,1-2H3,(H,30,31);2-5,7,9-10H,6,8,11H2,1H3,(H,23,24);2-4,10H,1H3;2*1H3. The maximum absolute atomic E-state index is 15.5. The lowest BCUT2D eigenvalue weighted by Crippen LogP contribution is -2.41. The number of methoxy groups -OCH3 is 2. The fraction of sp³-hybridized carbons (Fsp3) is 0.192. The minimum atomic E-state index is -3.93. The first kappa shape index (κ1) is 64.7. The van der Waals surface area contributed by atoms with Gasteiger partial charge < -0.3 is 19.2 Å². The maximum Gasteiger partial charge on any atom is 0.569 e. The molecule has 0 saturated heterocycles. The van der Waals surface area contributed by atoms with Crippen LogP contribution in [0, 0.1) is 25.5 Å². The first-order chi connectivity index (χ1) is 38.2. The number of hydrogen-bond acceptors (Lipinski definition) is 14. The van der Waals surface area contributed by atoms with Gasteiger partial charge in [-0.3, -0.25) is 28.2 Å². The van der Waals surface area contributed by atoms with E-state index in [2.05, 4.69) is 45.8 Å². The van der Waals surface area contributed by atoms with Crippen molar-refractivity contribution in [2.24, 2.45) is 0 Å². The minimum Gasteiger partial charge on any atom is -0.536 e. The van der Waals surface area contributed by atoms with E-state index in [-0.39, 0.29) is 103 Å². The van der Waals surface area contributed by atoms with Crippen LogP contribution < -0.4 is 34.7 Å². The van der Waals surface area contributed by atoms with Gasteiger partial charge in [-0.15, -0.1) is 10.2 Å². The molecule has 4 aromatic heterocycles. The number of halogens is 5. The summed E-state index contributed by atoms with van der Waals surface area (Å²) in [5.74, 6) is 0.122. The molecule has 2 unspecified atom stereocenters. The molecule has 1 radical (unpaired) electrons. The maximum atomic E-state index is 15.5. The van der Waals surface area contributed by atoms with Gasteiger partial charge in [-0.25, -0.2) is 8.78 Å². The number of aryl methyl sites for hydroxylation is 2. The number of nitrogens with zero attached hydrogens (tertiary/aromatic N) is 8. The number of aromatic nitrogens is 6. The second-order valence-corrected chi connectivity index (χ2v) is 22.6. The molecule has 0 spiro atoms. The second kappa shape index (κ2) is 28.2. The van der Waals surface area contributed by atoms with Crippen molar-refractivity contribution in [2.45, 2.75) is 39.8 Å². The van der Waals surface area contributed by atoms with E-state index in [0.717, 1.165) is 11.1 Å². The number of rotatable bonds is 13. The molecule has 2 aliphatic rings. The average molecular weight is 1300 g/mol. The molecule has 0 saturated carbocycles. The monoisotopic (exact) mass is 1300 g/mol. The van der Waals surface area contributed by atoms with Crippen molar-refractivity contribution in [2.75, 3.05) is 36.8 Å². The Balaban J connectivity index is 0.000000221. The smallest absolute Gasteiger partial charge is 0.536 e. The van der Waals surface area contributed by atoms with E-state index in [4.69, 9.17) is 42.4 Å². The topological polar surface area (TPSA) is 242 Å². The molecule has 30 heteroatoms. The molecule has 0 bridgehead atoms. The Morgan fingerprint density at radius 3 is 1.57 bits per heavy atom. The molecule has 3 N–H and O–H groups in total. The number of nitrogens with one attached hydrogen (secondary N) is 2. The zero-order valence-corrected chi connectivity index (χ0v) is 51.7. The third-order valence-electron chi connectivity index (χ3n) is 12.4. The van der Waals surface area contributed by atoms with Gasteiger partial charge in [0.2, 0.25) is 0 Å². The molecule has 10 rings (SSSR count). The fourth-order valence-corrected chi connectivity index (χ4v) is 11.7. The summed E-state index contributed by atoms with van der Waals surface area (Å²) in [6, 6.07) is 28.0. The van der Waals surface area contributed by atoms with Crippen LogP contribution in [-0.4, -0.2) is 95.0 Å². The summed E-state index contributed by atoms with van der Waals surface area (Å²) in [7, 11) is -4.35. The third-order valence-corrected chi connectivity index (χ3v) is 16.6. The number of ether oxygens (including phenoxy) is 2. The Morgan fingerprint density at radius 1 is 0.622 bits per heavy atom. The highest BCUT2D eigenvalue weighted by molar-refractivity contribution is 9.10. The minimum absolute atomic E-state index is 0. The molecule has 8 aromatic rings. The molecule has 20 nitrogen and oxygen atoms in total. The Morgan fingerprint density at radius 2 is 1.10 bits per heavy atom. The van der Waals surface area contributed by atoms with Crippen LogP contribution in [0.15, 0.2) is 136 Å². The second-order valence-electron chi connectivity index (χ2n) is 17.6. The van der Waals surface area contributed by atoms with Gasteiger partial charge in [-0.05, 0) is 107 Å². The number of fused-ring (bicyclic) bond motifs is 2. The van der Waals surface area contributed by atoms with Gasteiger partial charge in [0.15, 0.2) is 11.6 Å². The molecule has 82 heavy (non-hydrogen) atoms. The summed E-state index contributed by atoms with van der Waals surface area (Å²) in [5, 5.41) is 24.0. The van der Waals surface area contributed by atoms with Crippen LogP contribution in [0.4, 0.5) is 20.4 Å². The van der Waals surface area contributed by atoms with Crippen molar-refractivity contribution >= 4 is 98.7 Å². The lowest BCUT2D eigenvalue weighted by molar-refractivity contribution is 0.385. The SMILES string of the molecule is COc1cc(-c2cc(C)ccc2Cl)c(F)cc1-n1c2c(ccc1=O)CN(S(=O)(=O)Nc1cccnn1)CC2.COc1cc(Br)c(F)cc1-n1c2c(ccc1=O)CN(S(=O)(=O)Nc1cccnn1)CC2.Cc1ccc(Cl)c(O[B]O)c1.P.P. The molecule has 0 fully saturated rings. The van der Waals surface area contributed by atoms with Crippen LogP contribution in [0.25, 0.3) is 22.5 Å². The highest BCUT2D eigenvalue weighted by atomic mass is 79.9. The van der Waals surface area contributed by atoms with Crippen LogP contribution in [0.1, 0.15) is 33.6 Å². The summed E-state index contributed by atoms with van der Waals surface area (Å²) in [4.78, 5) is 25.7. The lowest BCUT2D eigenvalue weighted by atomic mass is 10.0. The van der Waals surface area contributed by atoms with Crippen molar-refractivity contribution in [3.05, 3.63) is 202 Å². The largest absolute Gasteiger partial charge is 0.569 e. The number of hydrogen-bond donors (Lipinski definition) is 3. The molecule has 431 valence electrons. The predicted molar refractivity (Wildman–Crippen MR) is 324 cm³/mol. The summed E-state index contributed by atoms with van der Waals surface area (Å²) in [5.41, 5.74) is 4.80. The molecular weight excluding hydrogens is 1250 g/mol. The first-order valence-electron chi connectivity index (χ1n) is 23.9. The first-order valence-corrected chi connectivity index (χ1v) is 28.3. The number of pyridine rings is 2.